The Hall–Kier alpha value is -0.130. The van der Waals surface area contributed by atoms with Crippen molar-refractivity contribution in [3.63, 3.8) is 0 Å². The predicted octanol–water partition coefficient (Wildman–Crippen LogP) is -0.123. The number of nitrogens with one attached hydrogen (secondary N) is 1. The van der Waals surface area contributed by atoms with Gasteiger partial charge in [-0.1, -0.05) is 6.92 Å². The minimum atomic E-state index is -3.00. The Kier molecular flexibility index (Phi) is 5.44. The van der Waals surface area contributed by atoms with Crippen LogP contribution in [0, 0.1) is 0 Å². The van der Waals surface area contributed by atoms with Crippen LogP contribution in [0.4, 0.5) is 0 Å². The van der Waals surface area contributed by atoms with Gasteiger partial charge >= 0.3 is 0 Å². The van der Waals surface area contributed by atoms with Gasteiger partial charge in [-0.05, 0) is 26.6 Å². The minimum absolute atomic E-state index is 0.531. The van der Waals surface area contributed by atoms with Crippen LogP contribution in [0.25, 0.3) is 0 Å². The van der Waals surface area contributed by atoms with Crippen molar-refractivity contribution < 1.29 is 8.42 Å². The molecule has 0 spiro atoms. The highest BCUT2D eigenvalue weighted by Gasteiger charge is 1.99. The van der Waals surface area contributed by atoms with E-state index in [2.05, 4.69) is 16.5 Å². The van der Waals surface area contributed by atoms with Gasteiger partial charge in [0.25, 0.3) is 0 Å². The third kappa shape index (κ3) is 7.97. The first-order valence-electron chi connectivity index (χ1n) is 4.09. The predicted molar refractivity (Wildman–Crippen MR) is 50.6 cm³/mol. The monoisotopic (exact) mass is 194 g/mol. The van der Waals surface area contributed by atoms with Gasteiger partial charge in [-0.15, -0.1) is 0 Å². The molecule has 0 saturated carbocycles. The zero-order chi connectivity index (χ0) is 9.61. The Bertz CT molecular complexity index is 201. The van der Waals surface area contributed by atoms with Gasteiger partial charge in [0.05, 0.1) is 6.26 Å². The third-order valence-electron chi connectivity index (χ3n) is 1.62. The van der Waals surface area contributed by atoms with E-state index in [4.69, 9.17) is 0 Å². The lowest BCUT2D eigenvalue weighted by molar-refractivity contribution is 0.348. The van der Waals surface area contributed by atoms with Gasteiger partial charge in [0.15, 0.2) is 0 Å². The Morgan fingerprint density at radius 3 is 2.42 bits per heavy atom. The highest BCUT2D eigenvalue weighted by Crippen LogP contribution is 1.85. The number of hydrogen-bond acceptors (Lipinski definition) is 3. The smallest absolute Gasteiger partial charge is 0.208 e. The second kappa shape index (κ2) is 5.50. The summed E-state index contributed by atoms with van der Waals surface area (Å²) >= 11 is 0. The largest absolute Gasteiger partial charge is 0.307 e. The molecule has 0 saturated heterocycles. The van der Waals surface area contributed by atoms with Crippen molar-refractivity contribution in [3.05, 3.63) is 0 Å². The Balaban J connectivity index is 3.34. The summed E-state index contributed by atoms with van der Waals surface area (Å²) in [6, 6.07) is 0. The van der Waals surface area contributed by atoms with Crippen molar-refractivity contribution in [2.75, 3.05) is 32.9 Å². The molecule has 0 aliphatic heterocycles. The summed E-state index contributed by atoms with van der Waals surface area (Å²) in [5.41, 5.74) is 0. The Morgan fingerprint density at radius 2 is 2.00 bits per heavy atom. The highest BCUT2D eigenvalue weighted by atomic mass is 32.2. The maximum absolute atomic E-state index is 10.6. The second-order valence-corrected chi connectivity index (χ2v) is 4.75. The van der Waals surface area contributed by atoms with Crippen LogP contribution in [0.1, 0.15) is 13.3 Å². The van der Waals surface area contributed by atoms with Crippen molar-refractivity contribution >= 4 is 10.0 Å². The van der Waals surface area contributed by atoms with Crippen molar-refractivity contribution in [1.82, 2.24) is 9.62 Å². The second-order valence-electron chi connectivity index (χ2n) is 2.92. The molecule has 0 rings (SSSR count). The molecule has 0 aliphatic rings. The standard InChI is InChI=1S/C7H18N2O2S/c1-4-9(2)7-5-6-8-12(3,10)11/h8H,4-7H2,1-3H3. The van der Waals surface area contributed by atoms with Crippen LogP contribution in [0.15, 0.2) is 0 Å². The summed E-state index contributed by atoms with van der Waals surface area (Å²) in [5, 5.41) is 0. The fraction of sp³-hybridized carbons (Fsp3) is 1.00. The number of hydrogen-bond donors (Lipinski definition) is 1. The minimum Gasteiger partial charge on any atom is -0.307 e. The van der Waals surface area contributed by atoms with Gasteiger partial charge in [-0.25, -0.2) is 13.1 Å². The number of rotatable bonds is 6. The van der Waals surface area contributed by atoms with Crippen LogP contribution in [0.2, 0.25) is 0 Å². The van der Waals surface area contributed by atoms with Crippen LogP contribution in [-0.2, 0) is 10.0 Å². The van der Waals surface area contributed by atoms with E-state index >= 15 is 0 Å². The van der Waals surface area contributed by atoms with Crippen LogP contribution in [-0.4, -0.2) is 46.3 Å². The van der Waals surface area contributed by atoms with Crippen molar-refractivity contribution in [1.29, 1.82) is 0 Å². The van der Waals surface area contributed by atoms with Gasteiger partial charge in [0.2, 0.25) is 10.0 Å². The summed E-state index contributed by atoms with van der Waals surface area (Å²) in [5.74, 6) is 0. The molecular weight excluding hydrogens is 176 g/mol. The van der Waals surface area contributed by atoms with Crippen LogP contribution >= 0.6 is 0 Å². The van der Waals surface area contributed by atoms with Crippen LogP contribution in [0.3, 0.4) is 0 Å². The molecule has 1 N–H and O–H groups in total. The quantitative estimate of drug-likeness (QED) is 0.600. The van der Waals surface area contributed by atoms with E-state index in [0.717, 1.165) is 19.5 Å². The Morgan fingerprint density at radius 1 is 1.42 bits per heavy atom. The van der Waals surface area contributed by atoms with Gasteiger partial charge in [-0.3, -0.25) is 0 Å². The number of sulfonamides is 1. The van der Waals surface area contributed by atoms with E-state index in [-0.39, 0.29) is 0 Å². The van der Waals surface area contributed by atoms with Crippen LogP contribution in [0.5, 0.6) is 0 Å². The summed E-state index contributed by atoms with van der Waals surface area (Å²) in [6.07, 6.45) is 2.04. The molecule has 12 heavy (non-hydrogen) atoms. The topological polar surface area (TPSA) is 49.4 Å². The van der Waals surface area contributed by atoms with Gasteiger partial charge in [0.1, 0.15) is 0 Å². The van der Waals surface area contributed by atoms with E-state index in [1.807, 2.05) is 7.05 Å². The Labute approximate surface area is 75.0 Å². The maximum Gasteiger partial charge on any atom is 0.208 e. The first-order chi connectivity index (χ1) is 5.45. The molecular formula is C7H18N2O2S. The first kappa shape index (κ1) is 11.9. The molecule has 0 unspecified atom stereocenters. The molecule has 0 aliphatic carbocycles. The van der Waals surface area contributed by atoms with Crippen molar-refractivity contribution in [2.45, 2.75) is 13.3 Å². The molecule has 0 amide bonds. The lowest BCUT2D eigenvalue weighted by Gasteiger charge is -2.12. The van der Waals surface area contributed by atoms with Crippen LogP contribution < -0.4 is 4.72 Å². The average molecular weight is 194 g/mol. The fourth-order valence-corrected chi connectivity index (χ4v) is 1.28. The molecule has 74 valence electrons. The van der Waals surface area contributed by atoms with E-state index < -0.39 is 10.0 Å². The summed E-state index contributed by atoms with van der Waals surface area (Å²) < 4.78 is 23.7. The molecule has 0 heterocycles. The van der Waals surface area contributed by atoms with E-state index in [1.54, 1.807) is 0 Å². The van der Waals surface area contributed by atoms with Gasteiger partial charge < -0.3 is 4.90 Å². The average Bonchev–Trinajstić information content (AvgIpc) is 1.96. The summed E-state index contributed by atoms with van der Waals surface area (Å²) in [7, 11) is -0.983. The van der Waals surface area contributed by atoms with E-state index in [1.165, 1.54) is 6.26 Å². The molecule has 0 aromatic rings. The zero-order valence-corrected chi connectivity index (χ0v) is 8.82. The molecule has 0 aromatic carbocycles. The van der Waals surface area contributed by atoms with E-state index in [0.29, 0.717) is 6.54 Å². The first-order valence-corrected chi connectivity index (χ1v) is 5.98. The maximum atomic E-state index is 10.6. The van der Waals surface area contributed by atoms with Crippen molar-refractivity contribution in [3.8, 4) is 0 Å². The molecule has 0 fully saturated rings. The molecule has 0 atom stereocenters. The number of nitrogens with zero attached hydrogens (tertiary/aromatic N) is 1. The fourth-order valence-electron chi connectivity index (χ4n) is 0.765. The van der Waals surface area contributed by atoms with Gasteiger partial charge in [0, 0.05) is 6.54 Å². The summed E-state index contributed by atoms with van der Waals surface area (Å²) in [6.45, 7) is 4.53. The lowest BCUT2D eigenvalue weighted by atomic mass is 10.4. The highest BCUT2D eigenvalue weighted by molar-refractivity contribution is 7.88. The van der Waals surface area contributed by atoms with E-state index in [9.17, 15) is 8.42 Å². The SMILES string of the molecule is CCN(C)CCCNS(C)(=O)=O. The normalized spacial score (nSPS) is 12.3. The molecule has 0 aromatic heterocycles. The lowest BCUT2D eigenvalue weighted by Crippen LogP contribution is -2.27. The summed E-state index contributed by atoms with van der Waals surface area (Å²) in [4.78, 5) is 2.14. The molecule has 4 nitrogen and oxygen atoms in total. The molecule has 0 radical (unpaired) electrons. The molecule has 5 heteroatoms. The third-order valence-corrected chi connectivity index (χ3v) is 2.35. The zero-order valence-electron chi connectivity index (χ0n) is 8.00. The van der Waals surface area contributed by atoms with Crippen molar-refractivity contribution in [2.24, 2.45) is 0 Å². The molecule has 0 bridgehead atoms. The van der Waals surface area contributed by atoms with Gasteiger partial charge in [-0.2, -0.15) is 0 Å².